The van der Waals surface area contributed by atoms with Gasteiger partial charge in [-0.1, -0.05) is 47.5 Å². The lowest BCUT2D eigenvalue weighted by atomic mass is 9.84. The lowest BCUT2D eigenvalue weighted by Crippen LogP contribution is -2.62. The van der Waals surface area contributed by atoms with Gasteiger partial charge in [0.2, 0.25) is 17.7 Å². The monoisotopic (exact) mass is 591 g/mol. The minimum atomic E-state index is -0.667. The molecule has 0 saturated carbocycles. The summed E-state index contributed by atoms with van der Waals surface area (Å²) in [6.07, 6.45) is 8.00. The van der Waals surface area contributed by atoms with Gasteiger partial charge in [0.05, 0.1) is 19.2 Å². The molecule has 1 N–H and O–H groups in total. The van der Waals surface area contributed by atoms with Crippen LogP contribution in [0, 0.1) is 11.3 Å². The van der Waals surface area contributed by atoms with Gasteiger partial charge in [0.1, 0.15) is 12.1 Å². The van der Waals surface area contributed by atoms with Gasteiger partial charge < -0.3 is 19.9 Å². The van der Waals surface area contributed by atoms with Gasteiger partial charge >= 0.3 is 5.97 Å². The van der Waals surface area contributed by atoms with Crippen molar-refractivity contribution in [3.05, 3.63) is 0 Å². The number of ether oxygens (including phenoxy) is 1. The fourth-order valence-electron chi connectivity index (χ4n) is 6.94. The van der Waals surface area contributed by atoms with E-state index in [1.807, 2.05) is 34.9 Å². The van der Waals surface area contributed by atoms with Crippen LogP contribution in [0.3, 0.4) is 0 Å². The van der Waals surface area contributed by atoms with Crippen molar-refractivity contribution in [2.75, 3.05) is 47.4 Å². The number of esters is 1. The number of likely N-dealkylation sites (N-methyl/N-ethyl adjacent to an activating group) is 2. The molecule has 42 heavy (non-hydrogen) atoms. The molecule has 10 heteroatoms. The second kappa shape index (κ2) is 15.0. The molecule has 3 fully saturated rings. The van der Waals surface area contributed by atoms with Crippen LogP contribution in [0.4, 0.5) is 0 Å². The van der Waals surface area contributed by atoms with E-state index in [0.717, 1.165) is 64.5 Å². The Morgan fingerprint density at radius 1 is 0.881 bits per heavy atom. The number of piperidine rings is 3. The summed E-state index contributed by atoms with van der Waals surface area (Å²) in [5.74, 6) is -0.392. The molecule has 3 aliphatic heterocycles. The minimum absolute atomic E-state index is 0.00211. The summed E-state index contributed by atoms with van der Waals surface area (Å²) in [6.45, 7) is 13.0. The number of rotatable bonds is 9. The van der Waals surface area contributed by atoms with Crippen molar-refractivity contribution in [2.24, 2.45) is 11.3 Å². The third-order valence-corrected chi connectivity index (χ3v) is 9.67. The summed E-state index contributed by atoms with van der Waals surface area (Å²) in [5, 5.41) is 3.14. The topological polar surface area (TPSA) is 102 Å². The summed E-state index contributed by atoms with van der Waals surface area (Å²) in [5.41, 5.74) is -0.476. The lowest BCUT2D eigenvalue weighted by Gasteiger charge is -2.45. The molecule has 10 nitrogen and oxygen atoms in total. The molecular formula is C32H57N5O5. The molecule has 3 heterocycles. The maximum atomic E-state index is 14.1. The highest BCUT2D eigenvalue weighted by Crippen LogP contribution is 2.28. The van der Waals surface area contributed by atoms with Crippen molar-refractivity contribution < 1.29 is 23.9 Å². The fourth-order valence-corrected chi connectivity index (χ4v) is 6.94. The van der Waals surface area contributed by atoms with Crippen LogP contribution in [0.25, 0.3) is 0 Å². The van der Waals surface area contributed by atoms with E-state index in [9.17, 15) is 19.2 Å². The Hall–Kier alpha value is -2.20. The van der Waals surface area contributed by atoms with Crippen molar-refractivity contribution in [1.29, 1.82) is 0 Å². The van der Waals surface area contributed by atoms with Crippen LogP contribution in [-0.4, -0.2) is 121 Å². The number of hydrogen-bond acceptors (Lipinski definition) is 7. The maximum absolute atomic E-state index is 14.1. The summed E-state index contributed by atoms with van der Waals surface area (Å²) >= 11 is 0. The standard InChI is InChI=1S/C32H57N5O5/c1-22(2)26(35(7)30(40)27(32(3,4)5)33-28(38)23-15-9-12-18-34(23)6)21-36-19-13-10-16-24(36)29(39)37-20-14-11-17-25(37)31(41)42-8/h22-27H,9-21H2,1-8H3,(H,33,38)/t23?,24-,25-,26+,27+/m0/s1. The minimum Gasteiger partial charge on any atom is -0.467 e. The van der Waals surface area contributed by atoms with E-state index in [2.05, 4.69) is 29.0 Å². The first kappa shape index (κ1) is 34.3. The van der Waals surface area contributed by atoms with Crippen molar-refractivity contribution in [2.45, 2.75) is 123 Å². The number of carbonyl (C=O) groups is 4. The SMILES string of the molecule is COC(=O)[C@@H]1CCCCN1C(=O)[C@@H]1CCCCN1C[C@H](C(C)C)N(C)C(=O)[C@@H](NC(=O)C1CCCCN1C)C(C)(C)C. The van der Waals surface area contributed by atoms with Crippen LogP contribution in [0.15, 0.2) is 0 Å². The fraction of sp³-hybridized carbons (Fsp3) is 0.875. The number of nitrogens with zero attached hydrogens (tertiary/aromatic N) is 4. The van der Waals surface area contributed by atoms with E-state index in [-0.39, 0.29) is 47.7 Å². The first-order valence-electron chi connectivity index (χ1n) is 16.2. The van der Waals surface area contributed by atoms with Crippen LogP contribution in [0.1, 0.15) is 92.4 Å². The van der Waals surface area contributed by atoms with E-state index >= 15 is 0 Å². The zero-order valence-electron chi connectivity index (χ0n) is 27.5. The average molecular weight is 592 g/mol. The molecule has 0 aromatic rings. The van der Waals surface area contributed by atoms with E-state index in [0.29, 0.717) is 19.5 Å². The van der Waals surface area contributed by atoms with Crippen LogP contribution in [0.5, 0.6) is 0 Å². The Labute approximate surface area is 253 Å². The van der Waals surface area contributed by atoms with Gasteiger partial charge in [-0.2, -0.15) is 0 Å². The van der Waals surface area contributed by atoms with E-state index in [4.69, 9.17) is 4.74 Å². The maximum Gasteiger partial charge on any atom is 0.328 e. The molecule has 3 amide bonds. The first-order valence-corrected chi connectivity index (χ1v) is 16.2. The molecule has 0 aromatic carbocycles. The van der Waals surface area contributed by atoms with Crippen molar-refractivity contribution in [3.8, 4) is 0 Å². The summed E-state index contributed by atoms with van der Waals surface area (Å²) in [4.78, 5) is 61.8. The zero-order valence-corrected chi connectivity index (χ0v) is 27.5. The number of likely N-dealkylation sites (tertiary alicyclic amines) is 3. The molecule has 3 aliphatic rings. The van der Waals surface area contributed by atoms with E-state index in [1.165, 1.54) is 7.11 Å². The van der Waals surface area contributed by atoms with Crippen LogP contribution >= 0.6 is 0 Å². The van der Waals surface area contributed by atoms with Gasteiger partial charge in [-0.3, -0.25) is 24.2 Å². The summed E-state index contributed by atoms with van der Waals surface area (Å²) in [7, 11) is 5.20. The van der Waals surface area contributed by atoms with Crippen LogP contribution in [-0.2, 0) is 23.9 Å². The van der Waals surface area contributed by atoms with Crippen molar-refractivity contribution >= 4 is 23.7 Å². The average Bonchev–Trinajstić information content (AvgIpc) is 2.96. The molecule has 0 aliphatic carbocycles. The van der Waals surface area contributed by atoms with Crippen molar-refractivity contribution in [3.63, 3.8) is 0 Å². The zero-order chi connectivity index (χ0) is 31.2. The molecule has 0 aromatic heterocycles. The predicted molar refractivity (Wildman–Crippen MR) is 164 cm³/mol. The molecule has 1 unspecified atom stereocenters. The Morgan fingerprint density at radius 2 is 1.45 bits per heavy atom. The van der Waals surface area contributed by atoms with Gasteiger partial charge in [-0.25, -0.2) is 4.79 Å². The van der Waals surface area contributed by atoms with E-state index in [1.54, 1.807) is 9.80 Å². The van der Waals surface area contributed by atoms with Crippen molar-refractivity contribution in [1.82, 2.24) is 24.9 Å². The molecule has 3 rings (SSSR count). The Morgan fingerprint density at radius 3 is 2.02 bits per heavy atom. The summed E-state index contributed by atoms with van der Waals surface area (Å²) < 4.78 is 5.04. The third-order valence-electron chi connectivity index (χ3n) is 9.67. The van der Waals surface area contributed by atoms with Gasteiger partial charge in [-0.05, 0) is 76.4 Å². The number of carbonyl (C=O) groups excluding carboxylic acids is 4. The van der Waals surface area contributed by atoms with Crippen LogP contribution in [0.2, 0.25) is 0 Å². The lowest BCUT2D eigenvalue weighted by molar-refractivity contribution is -0.157. The molecule has 5 atom stereocenters. The molecule has 0 bridgehead atoms. The number of nitrogens with one attached hydrogen (secondary N) is 1. The quantitative estimate of drug-likeness (QED) is 0.412. The molecular weight excluding hydrogens is 534 g/mol. The van der Waals surface area contributed by atoms with Gasteiger partial charge in [0.25, 0.3) is 0 Å². The Kier molecular flexibility index (Phi) is 12.2. The first-order chi connectivity index (χ1) is 19.8. The highest BCUT2D eigenvalue weighted by atomic mass is 16.5. The highest BCUT2D eigenvalue weighted by molar-refractivity contribution is 5.90. The Balaban J connectivity index is 1.78. The normalized spacial score (nSPS) is 25.9. The number of methoxy groups -OCH3 is 1. The molecule has 3 saturated heterocycles. The summed E-state index contributed by atoms with van der Waals surface area (Å²) in [6, 6.07) is -1.88. The Bertz CT molecular complexity index is 950. The molecule has 0 spiro atoms. The second-order valence-electron chi connectivity index (χ2n) is 14.1. The smallest absolute Gasteiger partial charge is 0.328 e. The van der Waals surface area contributed by atoms with E-state index < -0.39 is 17.5 Å². The van der Waals surface area contributed by atoms with Gasteiger partial charge in [0, 0.05) is 26.2 Å². The van der Waals surface area contributed by atoms with Crippen LogP contribution < -0.4 is 5.32 Å². The molecule has 240 valence electrons. The van der Waals surface area contributed by atoms with Gasteiger partial charge in [0.15, 0.2) is 0 Å². The third kappa shape index (κ3) is 8.24. The molecule has 0 radical (unpaired) electrons. The largest absolute Gasteiger partial charge is 0.467 e. The second-order valence-corrected chi connectivity index (χ2v) is 14.1. The predicted octanol–water partition coefficient (Wildman–Crippen LogP) is 2.89. The van der Waals surface area contributed by atoms with Gasteiger partial charge in [-0.15, -0.1) is 0 Å². The number of hydrogen-bond donors (Lipinski definition) is 1. The number of amides is 3. The highest BCUT2D eigenvalue weighted by Gasteiger charge is 2.42.